The van der Waals surface area contributed by atoms with Crippen molar-refractivity contribution >= 4 is 12.0 Å². The summed E-state index contributed by atoms with van der Waals surface area (Å²) < 4.78 is 9.74. The smallest absolute Gasteiger partial charge is 0.333 e. The van der Waals surface area contributed by atoms with E-state index in [9.17, 15) is 4.79 Å². The van der Waals surface area contributed by atoms with Crippen molar-refractivity contribution < 1.29 is 14.3 Å². The minimum absolute atomic E-state index is 0.446. The van der Waals surface area contributed by atoms with Crippen LogP contribution in [0.4, 0.5) is 0 Å². The maximum Gasteiger partial charge on any atom is 0.333 e. The highest BCUT2D eigenvalue weighted by Gasteiger charge is 2.04. The van der Waals surface area contributed by atoms with Gasteiger partial charge >= 0.3 is 5.97 Å². The van der Waals surface area contributed by atoms with Gasteiger partial charge in [0.25, 0.3) is 0 Å². The van der Waals surface area contributed by atoms with Gasteiger partial charge in [-0.25, -0.2) is 4.79 Å². The maximum absolute atomic E-state index is 11.3. The summed E-state index contributed by atoms with van der Waals surface area (Å²) in [5, 5.41) is 0. The van der Waals surface area contributed by atoms with Crippen LogP contribution in [0, 0.1) is 0 Å². The molecule has 1 rings (SSSR count). The Bertz CT molecular complexity index is 368. The van der Waals surface area contributed by atoms with Gasteiger partial charge in [-0.2, -0.15) is 0 Å². The number of rotatable bonds is 5. The standard InChI is InChI=1S/C13H14O3/c1-3-15-11(2)16-13(14)10-9-12-7-5-4-6-8-12/h3-11H,1H2,2H3/b10-9+. The Hall–Kier alpha value is -2.03. The van der Waals surface area contributed by atoms with Crippen LogP contribution in [0.1, 0.15) is 12.5 Å². The molecule has 0 saturated heterocycles. The molecule has 3 heteroatoms. The molecule has 0 spiro atoms. The average Bonchev–Trinajstić information content (AvgIpc) is 2.28. The average molecular weight is 218 g/mol. The van der Waals surface area contributed by atoms with Crippen LogP contribution in [0.5, 0.6) is 0 Å². The molecule has 84 valence electrons. The van der Waals surface area contributed by atoms with Gasteiger partial charge in [0.15, 0.2) is 0 Å². The lowest BCUT2D eigenvalue weighted by Crippen LogP contribution is -2.13. The van der Waals surface area contributed by atoms with Gasteiger partial charge in [-0.15, -0.1) is 0 Å². The van der Waals surface area contributed by atoms with Crippen molar-refractivity contribution in [1.29, 1.82) is 0 Å². The minimum atomic E-state index is -0.620. The number of carbonyl (C=O) groups excluding carboxylic acids is 1. The van der Waals surface area contributed by atoms with Crippen molar-refractivity contribution in [2.45, 2.75) is 13.2 Å². The number of benzene rings is 1. The molecule has 0 aliphatic rings. The van der Waals surface area contributed by atoms with Crippen molar-refractivity contribution in [3.63, 3.8) is 0 Å². The molecule has 0 amide bonds. The summed E-state index contributed by atoms with van der Waals surface area (Å²) in [5.41, 5.74) is 0.941. The minimum Gasteiger partial charge on any atom is -0.463 e. The molecule has 1 aromatic rings. The van der Waals surface area contributed by atoms with E-state index in [1.807, 2.05) is 30.3 Å². The third-order valence-corrected chi connectivity index (χ3v) is 1.78. The molecule has 1 atom stereocenters. The molecule has 0 N–H and O–H groups in total. The third-order valence-electron chi connectivity index (χ3n) is 1.78. The van der Waals surface area contributed by atoms with Crippen LogP contribution in [0.15, 0.2) is 49.2 Å². The second-order valence-corrected chi connectivity index (χ2v) is 3.05. The van der Waals surface area contributed by atoms with Crippen molar-refractivity contribution in [3.8, 4) is 0 Å². The van der Waals surface area contributed by atoms with E-state index in [-0.39, 0.29) is 0 Å². The zero-order chi connectivity index (χ0) is 11.8. The molecule has 3 nitrogen and oxygen atoms in total. The highest BCUT2D eigenvalue weighted by atomic mass is 16.7. The Kier molecular flexibility index (Phi) is 4.86. The molecular weight excluding hydrogens is 204 g/mol. The topological polar surface area (TPSA) is 35.5 Å². The molecule has 0 saturated carbocycles. The molecule has 0 aromatic heterocycles. The van der Waals surface area contributed by atoms with E-state index in [2.05, 4.69) is 6.58 Å². The van der Waals surface area contributed by atoms with Crippen molar-refractivity contribution in [2.24, 2.45) is 0 Å². The fourth-order valence-electron chi connectivity index (χ4n) is 1.09. The zero-order valence-corrected chi connectivity index (χ0v) is 9.13. The highest BCUT2D eigenvalue weighted by molar-refractivity contribution is 5.87. The second kappa shape index (κ2) is 6.45. The molecule has 0 radical (unpaired) electrons. The molecule has 0 fully saturated rings. The molecule has 16 heavy (non-hydrogen) atoms. The summed E-state index contributed by atoms with van der Waals surface area (Å²) in [6.45, 7) is 4.99. The quantitative estimate of drug-likeness (QED) is 0.330. The van der Waals surface area contributed by atoms with Crippen molar-refractivity contribution in [2.75, 3.05) is 0 Å². The first-order valence-electron chi connectivity index (χ1n) is 4.92. The van der Waals surface area contributed by atoms with Crippen LogP contribution >= 0.6 is 0 Å². The van der Waals surface area contributed by atoms with Crippen molar-refractivity contribution in [1.82, 2.24) is 0 Å². The van der Waals surface area contributed by atoms with E-state index in [4.69, 9.17) is 9.47 Å². The number of hydrogen-bond acceptors (Lipinski definition) is 3. The number of ether oxygens (including phenoxy) is 2. The SMILES string of the molecule is C=COC(C)OC(=O)/C=C/c1ccccc1. The van der Waals surface area contributed by atoms with Gasteiger partial charge in [-0.05, 0) is 11.6 Å². The van der Waals surface area contributed by atoms with E-state index >= 15 is 0 Å². The Balaban J connectivity index is 2.45. The first kappa shape index (κ1) is 12.0. The Morgan fingerprint density at radius 3 is 2.69 bits per heavy atom. The Morgan fingerprint density at radius 1 is 1.38 bits per heavy atom. The first-order chi connectivity index (χ1) is 7.72. The summed E-state index contributed by atoms with van der Waals surface area (Å²) in [7, 11) is 0. The van der Waals surface area contributed by atoms with Gasteiger partial charge in [-0.3, -0.25) is 0 Å². The van der Waals surface area contributed by atoms with Gasteiger partial charge in [0.1, 0.15) is 0 Å². The first-order valence-corrected chi connectivity index (χ1v) is 4.92. The summed E-state index contributed by atoms with van der Waals surface area (Å²) in [6, 6.07) is 9.50. The number of carbonyl (C=O) groups is 1. The molecule has 1 unspecified atom stereocenters. The molecular formula is C13H14O3. The van der Waals surface area contributed by atoms with E-state index < -0.39 is 12.3 Å². The van der Waals surface area contributed by atoms with Gasteiger partial charge in [-0.1, -0.05) is 36.9 Å². The van der Waals surface area contributed by atoms with Gasteiger partial charge < -0.3 is 9.47 Å². The van der Waals surface area contributed by atoms with E-state index in [1.54, 1.807) is 13.0 Å². The Morgan fingerprint density at radius 2 is 2.06 bits per heavy atom. The molecule has 0 aliphatic carbocycles. The van der Waals surface area contributed by atoms with E-state index in [1.165, 1.54) is 12.3 Å². The summed E-state index contributed by atoms with van der Waals surface area (Å²) in [4.78, 5) is 11.3. The summed E-state index contributed by atoms with van der Waals surface area (Å²) in [6.07, 6.45) is 3.66. The lowest BCUT2D eigenvalue weighted by Gasteiger charge is -2.09. The van der Waals surface area contributed by atoms with Crippen molar-refractivity contribution in [3.05, 3.63) is 54.8 Å². The van der Waals surface area contributed by atoms with E-state index in [0.717, 1.165) is 5.56 Å². The van der Waals surface area contributed by atoms with Gasteiger partial charge in [0.2, 0.25) is 6.29 Å². The molecule has 0 heterocycles. The lowest BCUT2D eigenvalue weighted by molar-refractivity contribution is -0.159. The summed E-state index contributed by atoms with van der Waals surface area (Å²) >= 11 is 0. The fraction of sp³-hybridized carbons (Fsp3) is 0.154. The van der Waals surface area contributed by atoms with Crippen LogP contribution in [0.3, 0.4) is 0 Å². The third kappa shape index (κ3) is 4.46. The second-order valence-electron chi connectivity index (χ2n) is 3.05. The van der Waals surface area contributed by atoms with Crippen LogP contribution in [-0.2, 0) is 14.3 Å². The zero-order valence-electron chi connectivity index (χ0n) is 9.13. The monoisotopic (exact) mass is 218 g/mol. The molecule has 0 aliphatic heterocycles. The van der Waals surface area contributed by atoms with Gasteiger partial charge in [0, 0.05) is 13.0 Å². The van der Waals surface area contributed by atoms with E-state index in [0.29, 0.717) is 0 Å². The lowest BCUT2D eigenvalue weighted by atomic mass is 10.2. The van der Waals surface area contributed by atoms with Crippen LogP contribution in [0.2, 0.25) is 0 Å². The Labute approximate surface area is 95.0 Å². The largest absolute Gasteiger partial charge is 0.463 e. The van der Waals surface area contributed by atoms with Crippen LogP contribution < -0.4 is 0 Å². The number of esters is 1. The van der Waals surface area contributed by atoms with Gasteiger partial charge in [0.05, 0.1) is 6.26 Å². The van der Waals surface area contributed by atoms with Crippen LogP contribution in [-0.4, -0.2) is 12.3 Å². The summed E-state index contributed by atoms with van der Waals surface area (Å²) in [5.74, 6) is -0.446. The molecule has 1 aromatic carbocycles. The predicted molar refractivity (Wildman–Crippen MR) is 62.3 cm³/mol. The van der Waals surface area contributed by atoms with Crippen LogP contribution in [0.25, 0.3) is 6.08 Å². The number of hydrogen-bond donors (Lipinski definition) is 0. The fourth-order valence-corrected chi connectivity index (χ4v) is 1.09. The molecule has 0 bridgehead atoms. The highest BCUT2D eigenvalue weighted by Crippen LogP contribution is 2.02. The predicted octanol–water partition coefficient (Wildman–Crippen LogP) is 2.75. The maximum atomic E-state index is 11.3. The normalized spacial score (nSPS) is 12.1.